The second-order valence-corrected chi connectivity index (χ2v) is 6.05. The molecule has 0 bridgehead atoms. The SMILES string of the molecule is CCOC[C@@H]1CN(CC2CCC2)Cc2cncn2C1. The molecule has 0 spiro atoms. The van der Waals surface area contributed by atoms with Gasteiger partial charge in [-0.25, -0.2) is 4.98 Å². The van der Waals surface area contributed by atoms with Gasteiger partial charge in [-0.1, -0.05) is 6.42 Å². The van der Waals surface area contributed by atoms with Crippen LogP contribution in [0, 0.1) is 11.8 Å². The van der Waals surface area contributed by atoms with Crippen molar-refractivity contribution in [3.8, 4) is 0 Å². The van der Waals surface area contributed by atoms with Crippen LogP contribution in [-0.2, 0) is 17.8 Å². The highest BCUT2D eigenvalue weighted by Crippen LogP contribution is 2.28. The van der Waals surface area contributed by atoms with E-state index >= 15 is 0 Å². The molecule has 2 heterocycles. The lowest BCUT2D eigenvalue weighted by atomic mass is 9.85. The minimum atomic E-state index is 0.593. The molecule has 4 nitrogen and oxygen atoms in total. The third-order valence-corrected chi connectivity index (χ3v) is 4.45. The largest absolute Gasteiger partial charge is 0.381 e. The monoisotopic (exact) mass is 263 g/mol. The normalized spacial score (nSPS) is 24.8. The average molecular weight is 263 g/mol. The summed E-state index contributed by atoms with van der Waals surface area (Å²) in [5, 5.41) is 0. The molecule has 1 atom stereocenters. The zero-order chi connectivity index (χ0) is 13.1. The van der Waals surface area contributed by atoms with Crippen LogP contribution in [0.2, 0.25) is 0 Å². The first-order chi connectivity index (χ1) is 9.35. The Hall–Kier alpha value is -0.870. The van der Waals surface area contributed by atoms with E-state index in [-0.39, 0.29) is 0 Å². The van der Waals surface area contributed by atoms with Crippen LogP contribution in [0.4, 0.5) is 0 Å². The zero-order valence-corrected chi connectivity index (χ0v) is 11.9. The number of hydrogen-bond acceptors (Lipinski definition) is 3. The summed E-state index contributed by atoms with van der Waals surface area (Å²) in [7, 11) is 0. The lowest BCUT2D eigenvalue weighted by Crippen LogP contribution is -2.36. The maximum Gasteiger partial charge on any atom is 0.0948 e. The molecule has 0 N–H and O–H groups in total. The Balaban J connectivity index is 1.66. The molecule has 3 rings (SSSR count). The number of imidazole rings is 1. The number of fused-ring (bicyclic) bond motifs is 1. The van der Waals surface area contributed by atoms with E-state index in [9.17, 15) is 0 Å². The van der Waals surface area contributed by atoms with Gasteiger partial charge < -0.3 is 9.30 Å². The van der Waals surface area contributed by atoms with Gasteiger partial charge in [0, 0.05) is 44.9 Å². The molecule has 1 aliphatic heterocycles. The van der Waals surface area contributed by atoms with Crippen LogP contribution < -0.4 is 0 Å². The van der Waals surface area contributed by atoms with Crippen molar-refractivity contribution in [2.75, 3.05) is 26.3 Å². The van der Waals surface area contributed by atoms with E-state index in [2.05, 4.69) is 21.4 Å². The van der Waals surface area contributed by atoms with Crippen molar-refractivity contribution in [3.05, 3.63) is 18.2 Å². The molecule has 0 aromatic carbocycles. The number of aromatic nitrogens is 2. The molecule has 0 amide bonds. The van der Waals surface area contributed by atoms with Crippen molar-refractivity contribution in [1.82, 2.24) is 14.5 Å². The first kappa shape index (κ1) is 13.1. The summed E-state index contributed by atoms with van der Waals surface area (Å²) in [6, 6.07) is 0. The molecule has 106 valence electrons. The van der Waals surface area contributed by atoms with E-state index < -0.39 is 0 Å². The van der Waals surface area contributed by atoms with Crippen LogP contribution in [0.15, 0.2) is 12.5 Å². The van der Waals surface area contributed by atoms with E-state index in [0.717, 1.165) is 38.8 Å². The smallest absolute Gasteiger partial charge is 0.0948 e. The van der Waals surface area contributed by atoms with Gasteiger partial charge in [0.2, 0.25) is 0 Å². The van der Waals surface area contributed by atoms with Gasteiger partial charge in [0.05, 0.1) is 18.6 Å². The molecule has 0 radical (unpaired) electrons. The van der Waals surface area contributed by atoms with Crippen LogP contribution in [0.3, 0.4) is 0 Å². The Morgan fingerprint density at radius 1 is 1.32 bits per heavy atom. The summed E-state index contributed by atoms with van der Waals surface area (Å²) < 4.78 is 7.96. The van der Waals surface area contributed by atoms with Crippen molar-refractivity contribution in [2.45, 2.75) is 39.3 Å². The minimum absolute atomic E-state index is 0.593. The van der Waals surface area contributed by atoms with Crippen molar-refractivity contribution < 1.29 is 4.74 Å². The third-order valence-electron chi connectivity index (χ3n) is 4.45. The quantitative estimate of drug-likeness (QED) is 0.815. The number of nitrogens with zero attached hydrogens (tertiary/aromatic N) is 3. The molecule has 1 aromatic heterocycles. The molecular weight excluding hydrogens is 238 g/mol. The lowest BCUT2D eigenvalue weighted by molar-refractivity contribution is 0.0778. The number of hydrogen-bond donors (Lipinski definition) is 0. The van der Waals surface area contributed by atoms with Gasteiger partial charge in [0.1, 0.15) is 0 Å². The van der Waals surface area contributed by atoms with Gasteiger partial charge in [-0.3, -0.25) is 4.90 Å². The summed E-state index contributed by atoms with van der Waals surface area (Å²) in [5.41, 5.74) is 1.36. The van der Waals surface area contributed by atoms with Gasteiger partial charge in [-0.2, -0.15) is 0 Å². The molecule has 0 saturated heterocycles. The molecule has 19 heavy (non-hydrogen) atoms. The molecule has 2 aliphatic rings. The van der Waals surface area contributed by atoms with E-state index in [1.807, 2.05) is 12.5 Å². The van der Waals surface area contributed by atoms with Crippen molar-refractivity contribution in [1.29, 1.82) is 0 Å². The van der Waals surface area contributed by atoms with Gasteiger partial charge in [-0.15, -0.1) is 0 Å². The minimum Gasteiger partial charge on any atom is -0.381 e. The first-order valence-corrected chi connectivity index (χ1v) is 7.64. The van der Waals surface area contributed by atoms with Gasteiger partial charge >= 0.3 is 0 Å². The highest BCUT2D eigenvalue weighted by Gasteiger charge is 2.26. The average Bonchev–Trinajstić information content (AvgIpc) is 2.71. The van der Waals surface area contributed by atoms with Crippen molar-refractivity contribution >= 4 is 0 Å². The molecule has 4 heteroatoms. The number of rotatable bonds is 5. The van der Waals surface area contributed by atoms with E-state index in [4.69, 9.17) is 4.74 Å². The fourth-order valence-corrected chi connectivity index (χ4v) is 3.21. The summed E-state index contributed by atoms with van der Waals surface area (Å²) in [4.78, 5) is 6.92. The Bertz CT molecular complexity index is 400. The van der Waals surface area contributed by atoms with Crippen LogP contribution in [0.1, 0.15) is 31.9 Å². The summed E-state index contributed by atoms with van der Waals surface area (Å²) in [6.07, 6.45) is 8.27. The summed E-state index contributed by atoms with van der Waals surface area (Å²) in [5.74, 6) is 1.53. The maximum atomic E-state index is 5.65. The highest BCUT2D eigenvalue weighted by atomic mass is 16.5. The predicted molar refractivity (Wildman–Crippen MR) is 74.8 cm³/mol. The van der Waals surface area contributed by atoms with E-state index in [1.165, 1.54) is 31.5 Å². The molecule has 1 fully saturated rings. The van der Waals surface area contributed by atoms with Gasteiger partial charge in [-0.05, 0) is 25.7 Å². The second kappa shape index (κ2) is 6.06. The number of ether oxygens (including phenoxy) is 1. The standard InChI is InChI=1S/C15H25N3O/c1-2-19-11-14-8-17(7-13-4-3-5-13)10-15-6-16-12-18(15)9-14/h6,12-14H,2-5,7-11H2,1H3/t14-/m1/s1. The fourth-order valence-electron chi connectivity index (χ4n) is 3.21. The zero-order valence-electron chi connectivity index (χ0n) is 11.9. The third kappa shape index (κ3) is 3.18. The van der Waals surface area contributed by atoms with Crippen LogP contribution >= 0.6 is 0 Å². The highest BCUT2D eigenvalue weighted by molar-refractivity contribution is 5.01. The second-order valence-electron chi connectivity index (χ2n) is 6.05. The van der Waals surface area contributed by atoms with Gasteiger partial charge in [0.25, 0.3) is 0 Å². The Morgan fingerprint density at radius 3 is 2.95 bits per heavy atom. The van der Waals surface area contributed by atoms with Crippen molar-refractivity contribution in [3.63, 3.8) is 0 Å². The molecule has 1 aliphatic carbocycles. The first-order valence-electron chi connectivity index (χ1n) is 7.64. The van der Waals surface area contributed by atoms with Crippen LogP contribution in [0.5, 0.6) is 0 Å². The van der Waals surface area contributed by atoms with E-state index in [1.54, 1.807) is 0 Å². The Labute approximate surface area is 115 Å². The topological polar surface area (TPSA) is 30.3 Å². The van der Waals surface area contributed by atoms with Gasteiger partial charge in [0.15, 0.2) is 0 Å². The van der Waals surface area contributed by atoms with Crippen molar-refractivity contribution in [2.24, 2.45) is 11.8 Å². The lowest BCUT2D eigenvalue weighted by Gasteiger charge is -2.32. The van der Waals surface area contributed by atoms with Crippen LogP contribution in [0.25, 0.3) is 0 Å². The molecule has 1 saturated carbocycles. The Kier molecular flexibility index (Phi) is 4.18. The molecular formula is C15H25N3O. The summed E-state index contributed by atoms with van der Waals surface area (Å²) in [6.45, 7) is 8.29. The van der Waals surface area contributed by atoms with E-state index in [0.29, 0.717) is 5.92 Å². The predicted octanol–water partition coefficient (Wildman–Crippen LogP) is 2.15. The maximum absolute atomic E-state index is 5.65. The molecule has 0 unspecified atom stereocenters. The fraction of sp³-hybridized carbons (Fsp3) is 0.800. The molecule has 1 aromatic rings. The summed E-state index contributed by atoms with van der Waals surface area (Å²) >= 11 is 0. The van der Waals surface area contributed by atoms with Crippen LogP contribution in [-0.4, -0.2) is 40.8 Å². The Morgan fingerprint density at radius 2 is 2.21 bits per heavy atom.